The van der Waals surface area contributed by atoms with Crippen LogP contribution in [0, 0.1) is 6.92 Å². The third-order valence-electron chi connectivity index (χ3n) is 5.40. The van der Waals surface area contributed by atoms with Gasteiger partial charge in [-0.15, -0.1) is 0 Å². The van der Waals surface area contributed by atoms with Crippen molar-refractivity contribution < 1.29 is 13.2 Å². The van der Waals surface area contributed by atoms with Crippen LogP contribution in [-0.4, -0.2) is 45.8 Å². The minimum absolute atomic E-state index is 0.132. The van der Waals surface area contributed by atoms with Gasteiger partial charge in [0, 0.05) is 33.6 Å². The van der Waals surface area contributed by atoms with E-state index < -0.39 is 10.0 Å². The zero-order chi connectivity index (χ0) is 21.7. The Morgan fingerprint density at radius 2 is 1.80 bits per heavy atom. The van der Waals surface area contributed by atoms with Crippen molar-refractivity contribution in [3.8, 4) is 0 Å². The lowest BCUT2D eigenvalue weighted by molar-refractivity contribution is -0.116. The molecule has 1 aliphatic heterocycles. The quantitative estimate of drug-likeness (QED) is 0.727. The number of carbonyl (C=O) groups excluding carboxylic acids is 1. The topological polar surface area (TPSA) is 69.7 Å². The van der Waals surface area contributed by atoms with Crippen molar-refractivity contribution in [1.82, 2.24) is 4.31 Å². The standard InChI is InChI=1S/C23H31N3O3S/c1-18-8-7-9-19(16-18)10-13-23(27)24-21-17-20(11-12-22(21)25(2)3)30(28,29)26-14-5-4-6-15-26/h7-9,11-12,16-17H,4-6,10,13-15H2,1-3H3,(H,24,27). The van der Waals surface area contributed by atoms with Crippen LogP contribution in [0.1, 0.15) is 36.8 Å². The second-order valence-corrected chi connectivity index (χ2v) is 10.0. The lowest BCUT2D eigenvalue weighted by Crippen LogP contribution is -2.35. The van der Waals surface area contributed by atoms with E-state index in [1.165, 1.54) is 5.56 Å². The fourth-order valence-corrected chi connectivity index (χ4v) is 5.30. The second kappa shape index (κ2) is 9.62. The molecule has 0 saturated carbocycles. The first-order valence-electron chi connectivity index (χ1n) is 10.4. The van der Waals surface area contributed by atoms with Crippen molar-refractivity contribution in [3.63, 3.8) is 0 Å². The molecule has 3 rings (SSSR count). The van der Waals surface area contributed by atoms with Gasteiger partial charge < -0.3 is 10.2 Å². The Hall–Kier alpha value is -2.38. The number of sulfonamides is 1. The zero-order valence-electron chi connectivity index (χ0n) is 18.0. The lowest BCUT2D eigenvalue weighted by Gasteiger charge is -2.26. The lowest BCUT2D eigenvalue weighted by atomic mass is 10.1. The van der Waals surface area contributed by atoms with E-state index in [4.69, 9.17) is 0 Å². The maximum atomic E-state index is 13.0. The van der Waals surface area contributed by atoms with Crippen molar-refractivity contribution in [2.45, 2.75) is 43.9 Å². The fraction of sp³-hybridized carbons (Fsp3) is 0.435. The van der Waals surface area contributed by atoms with Gasteiger partial charge in [-0.3, -0.25) is 4.79 Å². The zero-order valence-corrected chi connectivity index (χ0v) is 18.8. The van der Waals surface area contributed by atoms with Gasteiger partial charge in [-0.05, 0) is 49.9 Å². The Balaban J connectivity index is 1.78. The van der Waals surface area contributed by atoms with Crippen molar-refractivity contribution >= 4 is 27.3 Å². The number of anilines is 2. The molecule has 6 nitrogen and oxygen atoms in total. The minimum atomic E-state index is -3.56. The number of aryl methyl sites for hydroxylation is 2. The van der Waals surface area contributed by atoms with Crippen molar-refractivity contribution in [1.29, 1.82) is 0 Å². The second-order valence-electron chi connectivity index (χ2n) is 8.08. The van der Waals surface area contributed by atoms with Crippen LogP contribution in [0.15, 0.2) is 47.4 Å². The molecule has 0 bridgehead atoms. The van der Waals surface area contributed by atoms with Crippen LogP contribution in [-0.2, 0) is 21.2 Å². The van der Waals surface area contributed by atoms with E-state index in [1.54, 1.807) is 22.5 Å². The first-order valence-corrected chi connectivity index (χ1v) is 11.9. The van der Waals surface area contributed by atoms with E-state index in [1.807, 2.05) is 44.1 Å². The predicted molar refractivity (Wildman–Crippen MR) is 122 cm³/mol. The number of nitrogens with one attached hydrogen (secondary N) is 1. The Labute approximate surface area is 179 Å². The van der Waals surface area contributed by atoms with Gasteiger partial charge in [0.25, 0.3) is 0 Å². The summed E-state index contributed by atoms with van der Waals surface area (Å²) in [5, 5.41) is 2.93. The molecule has 1 heterocycles. The first-order chi connectivity index (χ1) is 14.3. The molecule has 2 aromatic carbocycles. The summed E-state index contributed by atoms with van der Waals surface area (Å²) in [4.78, 5) is 14.7. The summed E-state index contributed by atoms with van der Waals surface area (Å²) >= 11 is 0. The molecular formula is C23H31N3O3S. The third-order valence-corrected chi connectivity index (χ3v) is 7.29. The maximum absolute atomic E-state index is 13.0. The molecule has 0 unspecified atom stereocenters. The number of piperidine rings is 1. The molecule has 1 saturated heterocycles. The van der Waals surface area contributed by atoms with Gasteiger partial charge in [0.05, 0.1) is 16.3 Å². The van der Waals surface area contributed by atoms with Crippen LogP contribution >= 0.6 is 0 Å². The molecule has 162 valence electrons. The summed E-state index contributed by atoms with van der Waals surface area (Å²) in [7, 11) is 0.184. The summed E-state index contributed by atoms with van der Waals surface area (Å²) in [6.45, 7) is 3.13. The molecule has 0 atom stereocenters. The Morgan fingerprint density at radius 1 is 1.07 bits per heavy atom. The monoisotopic (exact) mass is 429 g/mol. The molecule has 1 aliphatic rings. The molecule has 1 N–H and O–H groups in total. The summed E-state index contributed by atoms with van der Waals surface area (Å²) in [6.07, 6.45) is 3.80. The van der Waals surface area contributed by atoms with Gasteiger partial charge in [-0.2, -0.15) is 4.31 Å². The van der Waals surface area contributed by atoms with E-state index in [9.17, 15) is 13.2 Å². The SMILES string of the molecule is Cc1cccc(CCC(=O)Nc2cc(S(=O)(=O)N3CCCCC3)ccc2N(C)C)c1. The van der Waals surface area contributed by atoms with Gasteiger partial charge in [0.2, 0.25) is 15.9 Å². The number of benzene rings is 2. The number of amides is 1. The van der Waals surface area contributed by atoms with Crippen molar-refractivity contribution in [2.75, 3.05) is 37.4 Å². The van der Waals surface area contributed by atoms with Crippen molar-refractivity contribution in [2.24, 2.45) is 0 Å². The van der Waals surface area contributed by atoms with Crippen LogP contribution < -0.4 is 10.2 Å². The highest BCUT2D eigenvalue weighted by Gasteiger charge is 2.27. The Morgan fingerprint density at radius 3 is 2.47 bits per heavy atom. The van der Waals surface area contributed by atoms with E-state index in [-0.39, 0.29) is 10.8 Å². The molecule has 0 aromatic heterocycles. The minimum Gasteiger partial charge on any atom is -0.376 e. The van der Waals surface area contributed by atoms with Crippen LogP contribution in [0.4, 0.5) is 11.4 Å². The summed E-state index contributed by atoms with van der Waals surface area (Å²) in [5.41, 5.74) is 3.57. The van der Waals surface area contributed by atoms with Crippen LogP contribution in [0.3, 0.4) is 0 Å². The first kappa shape index (κ1) is 22.3. The highest BCUT2D eigenvalue weighted by atomic mass is 32.2. The highest BCUT2D eigenvalue weighted by molar-refractivity contribution is 7.89. The van der Waals surface area contributed by atoms with Gasteiger partial charge in [-0.1, -0.05) is 36.2 Å². The summed E-state index contributed by atoms with van der Waals surface area (Å²) in [5.74, 6) is -0.132. The molecule has 0 aliphatic carbocycles. The van der Waals surface area contributed by atoms with E-state index in [0.717, 1.165) is 30.5 Å². The fourth-order valence-electron chi connectivity index (χ4n) is 3.76. The number of carbonyl (C=O) groups is 1. The molecule has 1 amide bonds. The van der Waals surface area contributed by atoms with E-state index in [2.05, 4.69) is 11.4 Å². The van der Waals surface area contributed by atoms with Crippen LogP contribution in [0.2, 0.25) is 0 Å². The van der Waals surface area contributed by atoms with Gasteiger partial charge in [-0.25, -0.2) is 8.42 Å². The normalized spacial score (nSPS) is 15.0. The molecule has 1 fully saturated rings. The van der Waals surface area contributed by atoms with Crippen LogP contribution in [0.25, 0.3) is 0 Å². The predicted octanol–water partition coefficient (Wildman–Crippen LogP) is 3.81. The van der Waals surface area contributed by atoms with Gasteiger partial charge in [0.15, 0.2) is 0 Å². The number of hydrogen-bond acceptors (Lipinski definition) is 4. The molecular weight excluding hydrogens is 398 g/mol. The molecule has 2 aromatic rings. The average molecular weight is 430 g/mol. The van der Waals surface area contributed by atoms with Crippen LogP contribution in [0.5, 0.6) is 0 Å². The van der Waals surface area contributed by atoms with E-state index >= 15 is 0 Å². The molecule has 0 spiro atoms. The van der Waals surface area contributed by atoms with E-state index in [0.29, 0.717) is 31.6 Å². The van der Waals surface area contributed by atoms with Gasteiger partial charge in [0.1, 0.15) is 0 Å². The number of nitrogens with zero attached hydrogens (tertiary/aromatic N) is 2. The van der Waals surface area contributed by atoms with Crippen molar-refractivity contribution in [3.05, 3.63) is 53.6 Å². The summed E-state index contributed by atoms with van der Waals surface area (Å²) in [6, 6.07) is 13.1. The summed E-state index contributed by atoms with van der Waals surface area (Å²) < 4.78 is 27.6. The number of rotatable bonds is 7. The van der Waals surface area contributed by atoms with Gasteiger partial charge >= 0.3 is 0 Å². The third kappa shape index (κ3) is 5.40. The molecule has 7 heteroatoms. The Kier molecular flexibility index (Phi) is 7.15. The smallest absolute Gasteiger partial charge is 0.243 e. The number of hydrogen-bond donors (Lipinski definition) is 1. The molecule has 0 radical (unpaired) electrons. The Bertz CT molecular complexity index is 997. The molecule has 30 heavy (non-hydrogen) atoms. The largest absolute Gasteiger partial charge is 0.376 e. The highest BCUT2D eigenvalue weighted by Crippen LogP contribution is 2.30. The average Bonchev–Trinajstić information content (AvgIpc) is 2.73. The maximum Gasteiger partial charge on any atom is 0.243 e.